The predicted molar refractivity (Wildman–Crippen MR) is 87.4 cm³/mol. The van der Waals surface area contributed by atoms with Gasteiger partial charge in [-0.25, -0.2) is 0 Å². The molecule has 1 heterocycles. The Bertz CT molecular complexity index is 675. The van der Waals surface area contributed by atoms with Crippen molar-refractivity contribution >= 4 is 45.0 Å². The number of halogens is 1. The SMILES string of the molecule is Nc1cc(Br)ccc1C(=O)N1CCSc2ccccc21. The predicted octanol–water partition coefficient (Wildman–Crippen LogP) is 3.78. The van der Waals surface area contributed by atoms with Crippen molar-refractivity contribution < 1.29 is 4.79 Å². The summed E-state index contributed by atoms with van der Waals surface area (Å²) in [7, 11) is 0. The Kier molecular flexibility index (Phi) is 3.72. The molecule has 0 spiro atoms. The molecule has 3 rings (SSSR count). The van der Waals surface area contributed by atoms with Crippen molar-refractivity contribution in [1.82, 2.24) is 0 Å². The van der Waals surface area contributed by atoms with E-state index < -0.39 is 0 Å². The van der Waals surface area contributed by atoms with E-state index in [1.807, 2.05) is 35.2 Å². The van der Waals surface area contributed by atoms with E-state index in [2.05, 4.69) is 15.9 Å². The van der Waals surface area contributed by atoms with Crippen molar-refractivity contribution in [3.63, 3.8) is 0 Å². The van der Waals surface area contributed by atoms with Crippen LogP contribution in [-0.4, -0.2) is 18.2 Å². The number of rotatable bonds is 1. The van der Waals surface area contributed by atoms with E-state index in [4.69, 9.17) is 5.73 Å². The van der Waals surface area contributed by atoms with Gasteiger partial charge < -0.3 is 10.6 Å². The molecule has 5 heteroatoms. The lowest BCUT2D eigenvalue weighted by molar-refractivity contribution is 0.0988. The summed E-state index contributed by atoms with van der Waals surface area (Å²) in [6, 6.07) is 13.3. The standard InChI is InChI=1S/C15H13BrN2OS/c16-10-5-6-11(12(17)9-10)15(19)18-7-8-20-14-4-2-1-3-13(14)18/h1-6,9H,7-8,17H2. The topological polar surface area (TPSA) is 46.3 Å². The van der Waals surface area contributed by atoms with E-state index in [0.29, 0.717) is 17.8 Å². The lowest BCUT2D eigenvalue weighted by Gasteiger charge is -2.29. The van der Waals surface area contributed by atoms with Gasteiger partial charge in [-0.05, 0) is 30.3 Å². The third kappa shape index (κ3) is 2.43. The van der Waals surface area contributed by atoms with Crippen LogP contribution in [0.15, 0.2) is 51.8 Å². The van der Waals surface area contributed by atoms with Gasteiger partial charge in [0, 0.05) is 27.4 Å². The van der Waals surface area contributed by atoms with Gasteiger partial charge >= 0.3 is 0 Å². The molecule has 1 aliphatic heterocycles. The first-order valence-corrected chi connectivity index (χ1v) is 8.03. The number of carbonyl (C=O) groups is 1. The van der Waals surface area contributed by atoms with E-state index in [1.165, 1.54) is 0 Å². The first kappa shape index (κ1) is 13.5. The second-order valence-electron chi connectivity index (χ2n) is 4.50. The number of benzene rings is 2. The molecular formula is C15H13BrN2OS. The molecule has 3 nitrogen and oxygen atoms in total. The number of nitrogens with zero attached hydrogens (tertiary/aromatic N) is 1. The molecule has 0 aromatic heterocycles. The van der Waals surface area contributed by atoms with Gasteiger partial charge in [0.05, 0.1) is 11.3 Å². The number of nitrogen functional groups attached to an aromatic ring is 1. The molecule has 0 radical (unpaired) electrons. The maximum absolute atomic E-state index is 12.7. The summed E-state index contributed by atoms with van der Waals surface area (Å²) in [5.41, 5.74) is 7.99. The number of hydrogen-bond acceptors (Lipinski definition) is 3. The Labute approximate surface area is 130 Å². The summed E-state index contributed by atoms with van der Waals surface area (Å²) < 4.78 is 0.876. The smallest absolute Gasteiger partial charge is 0.260 e. The molecule has 0 bridgehead atoms. The summed E-state index contributed by atoms with van der Waals surface area (Å²) in [6.45, 7) is 0.704. The number of thioether (sulfide) groups is 1. The second-order valence-corrected chi connectivity index (χ2v) is 6.56. The van der Waals surface area contributed by atoms with E-state index in [-0.39, 0.29) is 5.91 Å². The van der Waals surface area contributed by atoms with Crippen LogP contribution in [0.5, 0.6) is 0 Å². The quantitative estimate of drug-likeness (QED) is 0.797. The molecule has 2 aromatic rings. The van der Waals surface area contributed by atoms with Gasteiger partial charge in [0.2, 0.25) is 0 Å². The fourth-order valence-corrected chi connectivity index (χ4v) is 3.63. The van der Waals surface area contributed by atoms with Crippen LogP contribution in [0.1, 0.15) is 10.4 Å². The number of fused-ring (bicyclic) bond motifs is 1. The molecule has 102 valence electrons. The maximum atomic E-state index is 12.7. The summed E-state index contributed by atoms with van der Waals surface area (Å²) in [4.78, 5) is 15.7. The largest absolute Gasteiger partial charge is 0.398 e. The fourth-order valence-electron chi connectivity index (χ4n) is 2.25. The van der Waals surface area contributed by atoms with Crippen molar-refractivity contribution in [2.24, 2.45) is 0 Å². The lowest BCUT2D eigenvalue weighted by Crippen LogP contribution is -2.35. The Morgan fingerprint density at radius 1 is 1.25 bits per heavy atom. The Morgan fingerprint density at radius 3 is 2.85 bits per heavy atom. The number of para-hydroxylation sites is 1. The van der Waals surface area contributed by atoms with Crippen LogP contribution < -0.4 is 10.6 Å². The summed E-state index contributed by atoms with van der Waals surface area (Å²) in [5.74, 6) is 0.863. The van der Waals surface area contributed by atoms with Crippen LogP contribution in [0.4, 0.5) is 11.4 Å². The molecule has 0 atom stereocenters. The fraction of sp³-hybridized carbons (Fsp3) is 0.133. The summed E-state index contributed by atoms with van der Waals surface area (Å²) in [5, 5.41) is 0. The Hall–Kier alpha value is -1.46. The van der Waals surface area contributed by atoms with Crippen LogP contribution in [-0.2, 0) is 0 Å². The number of amides is 1. The average Bonchev–Trinajstić information content (AvgIpc) is 2.46. The van der Waals surface area contributed by atoms with Crippen LogP contribution >= 0.6 is 27.7 Å². The van der Waals surface area contributed by atoms with Gasteiger partial charge in [-0.1, -0.05) is 28.1 Å². The molecule has 1 aliphatic rings. The van der Waals surface area contributed by atoms with Gasteiger partial charge in [-0.3, -0.25) is 4.79 Å². The highest BCUT2D eigenvalue weighted by molar-refractivity contribution is 9.10. The van der Waals surface area contributed by atoms with Crippen molar-refractivity contribution in [3.05, 3.63) is 52.5 Å². The highest BCUT2D eigenvalue weighted by atomic mass is 79.9. The molecule has 0 saturated heterocycles. The van der Waals surface area contributed by atoms with E-state index >= 15 is 0 Å². The zero-order valence-electron chi connectivity index (χ0n) is 10.7. The zero-order valence-corrected chi connectivity index (χ0v) is 13.1. The normalized spacial score (nSPS) is 13.9. The minimum Gasteiger partial charge on any atom is -0.398 e. The van der Waals surface area contributed by atoms with Crippen molar-refractivity contribution in [1.29, 1.82) is 0 Å². The molecule has 1 amide bonds. The Balaban J connectivity index is 2.00. The molecule has 0 unspecified atom stereocenters. The number of nitrogens with two attached hydrogens (primary N) is 1. The molecule has 2 aromatic carbocycles. The molecule has 0 aliphatic carbocycles. The van der Waals surface area contributed by atoms with Gasteiger partial charge in [-0.15, -0.1) is 11.8 Å². The van der Waals surface area contributed by atoms with Crippen molar-refractivity contribution in [3.8, 4) is 0 Å². The Morgan fingerprint density at radius 2 is 2.05 bits per heavy atom. The molecule has 0 saturated carbocycles. The minimum atomic E-state index is -0.0391. The number of anilines is 2. The van der Waals surface area contributed by atoms with E-state index in [9.17, 15) is 4.79 Å². The summed E-state index contributed by atoms with van der Waals surface area (Å²) >= 11 is 5.14. The molecule has 0 fully saturated rings. The van der Waals surface area contributed by atoms with Crippen LogP contribution in [0, 0.1) is 0 Å². The first-order chi connectivity index (χ1) is 9.66. The lowest BCUT2D eigenvalue weighted by atomic mass is 10.1. The first-order valence-electron chi connectivity index (χ1n) is 6.25. The van der Waals surface area contributed by atoms with Crippen molar-refractivity contribution in [2.75, 3.05) is 22.9 Å². The van der Waals surface area contributed by atoms with Gasteiger partial charge in [0.15, 0.2) is 0 Å². The van der Waals surface area contributed by atoms with Crippen molar-refractivity contribution in [2.45, 2.75) is 4.90 Å². The monoisotopic (exact) mass is 348 g/mol. The maximum Gasteiger partial charge on any atom is 0.260 e. The van der Waals surface area contributed by atoms with Gasteiger partial charge in [0.25, 0.3) is 5.91 Å². The van der Waals surface area contributed by atoms with Gasteiger partial charge in [-0.2, -0.15) is 0 Å². The highest BCUT2D eigenvalue weighted by Gasteiger charge is 2.24. The third-order valence-corrected chi connectivity index (χ3v) is 4.75. The van der Waals surface area contributed by atoms with Crippen LogP contribution in [0.3, 0.4) is 0 Å². The number of hydrogen-bond donors (Lipinski definition) is 1. The van der Waals surface area contributed by atoms with E-state index in [1.54, 1.807) is 23.9 Å². The zero-order chi connectivity index (χ0) is 14.1. The average molecular weight is 349 g/mol. The summed E-state index contributed by atoms with van der Waals surface area (Å²) in [6.07, 6.45) is 0. The minimum absolute atomic E-state index is 0.0391. The second kappa shape index (κ2) is 5.50. The highest BCUT2D eigenvalue weighted by Crippen LogP contribution is 2.35. The third-order valence-electron chi connectivity index (χ3n) is 3.22. The van der Waals surface area contributed by atoms with E-state index in [0.717, 1.165) is 20.8 Å². The van der Waals surface area contributed by atoms with Crippen LogP contribution in [0.25, 0.3) is 0 Å². The van der Waals surface area contributed by atoms with Crippen LogP contribution in [0.2, 0.25) is 0 Å². The number of carbonyl (C=O) groups excluding carboxylic acids is 1. The molecule has 20 heavy (non-hydrogen) atoms. The molecular weight excluding hydrogens is 336 g/mol. The molecule has 2 N–H and O–H groups in total. The van der Waals surface area contributed by atoms with Gasteiger partial charge in [0.1, 0.15) is 0 Å².